The summed E-state index contributed by atoms with van der Waals surface area (Å²) in [5, 5.41) is 0. The van der Waals surface area contributed by atoms with Crippen LogP contribution >= 0.6 is 15.9 Å². The lowest BCUT2D eigenvalue weighted by Gasteiger charge is -2.20. The molecule has 1 aliphatic rings. The second-order valence-electron chi connectivity index (χ2n) is 5.37. The van der Waals surface area contributed by atoms with Gasteiger partial charge < -0.3 is 14.2 Å². The summed E-state index contributed by atoms with van der Waals surface area (Å²) in [4.78, 5) is 47.8. The van der Waals surface area contributed by atoms with Crippen molar-refractivity contribution in [2.24, 2.45) is 0 Å². The molecule has 0 aromatic carbocycles. The molecule has 1 aliphatic heterocycles. The third-order valence-corrected chi connectivity index (χ3v) is 4.62. The van der Waals surface area contributed by atoms with Crippen molar-refractivity contribution in [1.29, 1.82) is 0 Å². The lowest BCUT2D eigenvalue weighted by molar-refractivity contribution is -0.157. The van der Waals surface area contributed by atoms with Crippen molar-refractivity contribution in [1.82, 2.24) is 9.55 Å². The Hall–Kier alpha value is -1.94. The fraction of sp³-hybridized carbons (Fsp3) is 0.600. The monoisotopic (exact) mass is 418 g/mol. The lowest BCUT2D eigenvalue weighted by atomic mass is 10.2. The van der Waals surface area contributed by atoms with Gasteiger partial charge in [-0.3, -0.25) is 23.9 Å². The Morgan fingerprint density at radius 2 is 1.96 bits per heavy atom. The zero-order valence-electron chi connectivity index (χ0n) is 13.8. The number of rotatable bonds is 6. The summed E-state index contributed by atoms with van der Waals surface area (Å²) in [6.45, 7) is 3.19. The van der Waals surface area contributed by atoms with Gasteiger partial charge in [0.2, 0.25) is 0 Å². The smallest absolute Gasteiger partial charge is 0.330 e. The number of aromatic nitrogens is 2. The van der Waals surface area contributed by atoms with Gasteiger partial charge in [0, 0.05) is 25.1 Å². The number of hydrogen-bond acceptors (Lipinski definition) is 7. The molecule has 1 N–H and O–H groups in total. The maximum absolute atomic E-state index is 12.0. The second-order valence-corrected chi connectivity index (χ2v) is 6.43. The van der Waals surface area contributed by atoms with Crippen LogP contribution in [-0.2, 0) is 23.8 Å². The highest BCUT2D eigenvalue weighted by molar-refractivity contribution is 9.09. The number of alkyl halides is 1. The topological polar surface area (TPSA) is 117 Å². The second kappa shape index (κ2) is 8.43. The van der Waals surface area contributed by atoms with Gasteiger partial charge in [-0.25, -0.2) is 4.79 Å². The van der Waals surface area contributed by atoms with E-state index >= 15 is 0 Å². The van der Waals surface area contributed by atoms with E-state index in [0.29, 0.717) is 0 Å². The number of halogens is 1. The first-order valence-corrected chi connectivity index (χ1v) is 8.75. The summed E-state index contributed by atoms with van der Waals surface area (Å²) < 4.78 is 17.4. The van der Waals surface area contributed by atoms with Crippen molar-refractivity contribution in [3.63, 3.8) is 0 Å². The third kappa shape index (κ3) is 4.57. The molecule has 0 unspecified atom stereocenters. The molecule has 1 aromatic heterocycles. The van der Waals surface area contributed by atoms with Gasteiger partial charge in [0.1, 0.15) is 18.8 Å². The van der Waals surface area contributed by atoms with Crippen LogP contribution < -0.4 is 11.2 Å². The molecule has 9 nitrogen and oxygen atoms in total. The van der Waals surface area contributed by atoms with Gasteiger partial charge in [-0.15, -0.1) is 0 Å². The standard InChI is InChI=1S/C15H19BrN2O7/c1-3-10(20)23-7-8-13(25-11(21)4-2)12(16)14(24-8)18-6-5-9(19)17-15(18)22/h5-6,8,12-14H,3-4,7H2,1-2H3,(H,17,19,22)/t8-,12+,13+,14-/m1/s1. The van der Waals surface area contributed by atoms with Crippen LogP contribution in [0.1, 0.15) is 32.9 Å². The molecular formula is C15H19BrN2O7. The molecule has 2 rings (SSSR count). The minimum atomic E-state index is -0.843. The molecular weight excluding hydrogens is 400 g/mol. The Balaban J connectivity index is 2.25. The molecule has 0 amide bonds. The summed E-state index contributed by atoms with van der Waals surface area (Å²) in [5.41, 5.74) is -1.19. The van der Waals surface area contributed by atoms with Gasteiger partial charge in [-0.1, -0.05) is 29.8 Å². The van der Waals surface area contributed by atoms with Crippen molar-refractivity contribution < 1.29 is 23.8 Å². The Labute approximate surface area is 151 Å². The van der Waals surface area contributed by atoms with Crippen LogP contribution in [0.15, 0.2) is 21.9 Å². The maximum Gasteiger partial charge on any atom is 0.330 e. The van der Waals surface area contributed by atoms with Crippen LogP contribution in [0.25, 0.3) is 0 Å². The SMILES string of the molecule is CCC(=O)OC[C@H]1O[C@@H](n2ccc(=O)[nH]c2=O)[C@@H](Br)[C@H]1OC(=O)CC. The van der Waals surface area contributed by atoms with Crippen LogP contribution in [0.5, 0.6) is 0 Å². The van der Waals surface area contributed by atoms with Crippen molar-refractivity contribution >= 4 is 27.9 Å². The maximum atomic E-state index is 12.0. The fourth-order valence-corrected chi connectivity index (χ4v) is 3.16. The number of hydrogen-bond donors (Lipinski definition) is 1. The average molecular weight is 419 g/mol. The van der Waals surface area contributed by atoms with Crippen LogP contribution in [0.4, 0.5) is 0 Å². The summed E-state index contributed by atoms with van der Waals surface area (Å²) in [6.07, 6.45) is -0.697. The first kappa shape index (κ1) is 19.4. The molecule has 1 fully saturated rings. The molecule has 1 aromatic rings. The van der Waals surface area contributed by atoms with Gasteiger partial charge in [0.25, 0.3) is 5.56 Å². The number of carbonyl (C=O) groups is 2. The molecule has 4 atom stereocenters. The zero-order chi connectivity index (χ0) is 18.6. The molecule has 0 spiro atoms. The van der Waals surface area contributed by atoms with Crippen LogP contribution in [0, 0.1) is 0 Å². The van der Waals surface area contributed by atoms with Crippen LogP contribution in [-0.4, -0.2) is 45.1 Å². The summed E-state index contributed by atoms with van der Waals surface area (Å²) in [5.74, 6) is -0.862. The number of nitrogens with zero attached hydrogens (tertiary/aromatic N) is 1. The highest BCUT2D eigenvalue weighted by Crippen LogP contribution is 2.36. The minimum absolute atomic E-state index is 0.120. The molecule has 25 heavy (non-hydrogen) atoms. The number of aromatic amines is 1. The van der Waals surface area contributed by atoms with E-state index in [-0.39, 0.29) is 19.4 Å². The molecule has 0 saturated carbocycles. The Morgan fingerprint density at radius 3 is 2.56 bits per heavy atom. The quantitative estimate of drug-likeness (QED) is 0.526. The highest BCUT2D eigenvalue weighted by atomic mass is 79.9. The van der Waals surface area contributed by atoms with E-state index in [1.54, 1.807) is 13.8 Å². The molecule has 138 valence electrons. The van der Waals surface area contributed by atoms with E-state index < -0.39 is 46.5 Å². The van der Waals surface area contributed by atoms with E-state index in [9.17, 15) is 19.2 Å². The number of ether oxygens (including phenoxy) is 3. The van der Waals surface area contributed by atoms with Gasteiger partial charge >= 0.3 is 17.6 Å². The molecule has 0 bridgehead atoms. The van der Waals surface area contributed by atoms with Crippen molar-refractivity contribution in [3.8, 4) is 0 Å². The van der Waals surface area contributed by atoms with E-state index in [1.807, 2.05) is 0 Å². The summed E-state index contributed by atoms with van der Waals surface area (Å²) >= 11 is 3.39. The normalized spacial score (nSPS) is 25.6. The molecule has 0 aliphatic carbocycles. The number of esters is 2. The zero-order valence-corrected chi connectivity index (χ0v) is 15.4. The Bertz CT molecular complexity index is 744. The predicted molar refractivity (Wildman–Crippen MR) is 89.4 cm³/mol. The van der Waals surface area contributed by atoms with Crippen molar-refractivity contribution in [2.45, 2.75) is 50.0 Å². The van der Waals surface area contributed by atoms with Crippen LogP contribution in [0.2, 0.25) is 0 Å². The molecule has 10 heteroatoms. The van der Waals surface area contributed by atoms with E-state index in [0.717, 1.165) is 0 Å². The van der Waals surface area contributed by atoms with E-state index in [4.69, 9.17) is 14.2 Å². The third-order valence-electron chi connectivity index (χ3n) is 3.65. The van der Waals surface area contributed by atoms with Gasteiger partial charge in [0.05, 0.1) is 4.83 Å². The van der Waals surface area contributed by atoms with Crippen molar-refractivity contribution in [3.05, 3.63) is 33.1 Å². The van der Waals surface area contributed by atoms with Gasteiger partial charge in [0.15, 0.2) is 6.23 Å². The minimum Gasteiger partial charge on any atom is -0.463 e. The van der Waals surface area contributed by atoms with Crippen molar-refractivity contribution in [2.75, 3.05) is 6.61 Å². The van der Waals surface area contributed by atoms with E-state index in [1.165, 1.54) is 16.8 Å². The lowest BCUT2D eigenvalue weighted by Crippen LogP contribution is -2.37. The Morgan fingerprint density at radius 1 is 1.28 bits per heavy atom. The van der Waals surface area contributed by atoms with E-state index in [2.05, 4.69) is 20.9 Å². The predicted octanol–water partition coefficient (Wildman–Crippen LogP) is 0.472. The van der Waals surface area contributed by atoms with Gasteiger partial charge in [-0.05, 0) is 0 Å². The first-order valence-electron chi connectivity index (χ1n) is 7.83. The number of H-pyrrole nitrogens is 1. The Kier molecular flexibility index (Phi) is 6.54. The molecule has 1 saturated heterocycles. The summed E-state index contributed by atoms with van der Waals surface area (Å²) in [7, 11) is 0. The largest absolute Gasteiger partial charge is 0.463 e. The molecule has 2 heterocycles. The first-order chi connectivity index (χ1) is 11.9. The summed E-state index contributed by atoms with van der Waals surface area (Å²) in [6, 6.07) is 1.18. The van der Waals surface area contributed by atoms with Crippen LogP contribution in [0.3, 0.4) is 0 Å². The molecule has 0 radical (unpaired) electrons. The number of nitrogens with one attached hydrogen (secondary N) is 1. The number of carbonyl (C=O) groups excluding carboxylic acids is 2. The fourth-order valence-electron chi connectivity index (χ4n) is 2.33. The highest BCUT2D eigenvalue weighted by Gasteiger charge is 2.47. The average Bonchev–Trinajstić information content (AvgIpc) is 2.88. The van der Waals surface area contributed by atoms with Gasteiger partial charge in [-0.2, -0.15) is 0 Å².